The summed E-state index contributed by atoms with van der Waals surface area (Å²) in [5.41, 5.74) is 11.5. The van der Waals surface area contributed by atoms with Crippen LogP contribution >= 0.6 is 0 Å². The van der Waals surface area contributed by atoms with Gasteiger partial charge in [-0.2, -0.15) is 0 Å². The fourth-order valence-corrected chi connectivity index (χ4v) is 8.76. The first kappa shape index (κ1) is 31.6. The van der Waals surface area contributed by atoms with Crippen molar-refractivity contribution in [2.75, 3.05) is 0 Å². The number of hydrogen-bond acceptors (Lipinski definition) is 4. The molecule has 1 aliphatic heterocycles. The molecule has 6 nitrogen and oxygen atoms in total. The number of aromatic nitrogens is 2. The highest BCUT2D eigenvalue weighted by Crippen LogP contribution is 2.43. The lowest BCUT2D eigenvalue weighted by atomic mass is 10.1. The highest BCUT2D eigenvalue weighted by atomic mass is 16.3. The van der Waals surface area contributed by atoms with E-state index >= 15 is 0 Å². The van der Waals surface area contributed by atoms with Gasteiger partial charge in [0, 0.05) is 49.4 Å². The molecule has 268 valence electrons. The maximum Gasteiger partial charge on any atom is 0.159 e. The predicted molar refractivity (Wildman–Crippen MR) is 234 cm³/mol. The molecule has 0 spiro atoms. The number of hydrogen-bond donors (Lipinski definition) is 1. The van der Waals surface area contributed by atoms with Crippen LogP contribution in [0.3, 0.4) is 0 Å². The molecule has 0 amide bonds. The van der Waals surface area contributed by atoms with Gasteiger partial charge in [0.2, 0.25) is 0 Å². The van der Waals surface area contributed by atoms with Gasteiger partial charge in [0.05, 0.1) is 27.5 Å². The Bertz CT molecular complexity index is 3410. The van der Waals surface area contributed by atoms with Crippen LogP contribution in [0.1, 0.15) is 22.9 Å². The van der Waals surface area contributed by atoms with Crippen LogP contribution in [0.25, 0.3) is 76.9 Å². The van der Waals surface area contributed by atoms with Crippen molar-refractivity contribution < 1.29 is 4.42 Å². The molecule has 3 aromatic heterocycles. The summed E-state index contributed by atoms with van der Waals surface area (Å²) in [4.78, 5) is 10.1. The molecule has 1 atom stereocenters. The summed E-state index contributed by atoms with van der Waals surface area (Å²) < 4.78 is 11.5. The third-order valence-electron chi connectivity index (χ3n) is 11.4. The van der Waals surface area contributed by atoms with Gasteiger partial charge in [-0.1, -0.05) is 115 Å². The molecule has 0 fully saturated rings. The number of nitrogens with one attached hydrogen (secondary N) is 1. The van der Waals surface area contributed by atoms with Gasteiger partial charge in [-0.25, -0.2) is 9.98 Å². The molecule has 12 rings (SSSR count). The van der Waals surface area contributed by atoms with E-state index in [1.165, 1.54) is 16.3 Å². The van der Waals surface area contributed by atoms with Crippen molar-refractivity contribution in [3.8, 4) is 11.4 Å². The summed E-state index contributed by atoms with van der Waals surface area (Å²) in [6, 6.07) is 66.1. The van der Waals surface area contributed by atoms with Gasteiger partial charge < -0.3 is 18.9 Å². The summed E-state index contributed by atoms with van der Waals surface area (Å²) in [6.07, 6.45) is -0.268. The maximum atomic E-state index is 6.73. The van der Waals surface area contributed by atoms with Crippen LogP contribution in [-0.4, -0.2) is 20.8 Å². The van der Waals surface area contributed by atoms with E-state index in [1.54, 1.807) is 0 Å². The van der Waals surface area contributed by atoms with E-state index < -0.39 is 0 Å². The first-order valence-corrected chi connectivity index (χ1v) is 19.3. The maximum absolute atomic E-state index is 6.73. The largest absolute Gasteiger partial charge is 0.455 e. The second-order valence-electron chi connectivity index (χ2n) is 14.6. The van der Waals surface area contributed by atoms with Crippen LogP contribution in [0.15, 0.2) is 202 Å². The van der Waals surface area contributed by atoms with E-state index in [1.807, 2.05) is 42.5 Å². The number of aliphatic imine (C=N–C) groups is 2. The van der Waals surface area contributed by atoms with E-state index in [0.717, 1.165) is 83.2 Å². The fraction of sp³-hybridized carbons (Fsp3) is 0.0196. The zero-order chi connectivity index (χ0) is 37.5. The molecule has 1 N–H and O–H groups in total. The van der Waals surface area contributed by atoms with E-state index in [-0.39, 0.29) is 6.17 Å². The molecule has 8 aromatic carbocycles. The summed E-state index contributed by atoms with van der Waals surface area (Å²) in [5.74, 6) is 1.49. The molecule has 11 aromatic rings. The summed E-state index contributed by atoms with van der Waals surface area (Å²) in [6.45, 7) is 0. The van der Waals surface area contributed by atoms with E-state index in [4.69, 9.17) is 14.4 Å². The molecular weight excluding hydrogens is 699 g/mol. The minimum atomic E-state index is -0.268. The van der Waals surface area contributed by atoms with Crippen LogP contribution in [0.4, 0.5) is 0 Å². The Labute approximate surface area is 327 Å². The number of benzene rings is 8. The average molecular weight is 732 g/mol. The monoisotopic (exact) mass is 731 g/mol. The summed E-state index contributed by atoms with van der Waals surface area (Å²) >= 11 is 0. The smallest absolute Gasteiger partial charge is 0.159 e. The lowest BCUT2D eigenvalue weighted by Gasteiger charge is -2.23. The SMILES string of the molecule is c1ccc(C2=NC(c3ccccc3)NC(c3ccc(-n4c5cc6c(cc5c5c7oc8ccccc8c7ccc54)c4ccccc4n6-c4ccccc4)cc3)=N2)cc1. The lowest BCUT2D eigenvalue weighted by molar-refractivity contribution is 0.673. The van der Waals surface area contributed by atoms with Crippen LogP contribution in [0.2, 0.25) is 0 Å². The van der Waals surface area contributed by atoms with E-state index in [9.17, 15) is 0 Å². The Morgan fingerprint density at radius 2 is 1.11 bits per heavy atom. The average Bonchev–Trinajstić information content (AvgIpc) is 3.93. The number of fused-ring (bicyclic) bond motifs is 10. The first-order chi connectivity index (χ1) is 28.3. The number of amidine groups is 2. The molecule has 1 aliphatic rings. The van der Waals surface area contributed by atoms with Crippen LogP contribution < -0.4 is 5.32 Å². The van der Waals surface area contributed by atoms with Crippen LogP contribution in [0, 0.1) is 0 Å². The Hall–Kier alpha value is -7.70. The molecular formula is C51H33N5O. The first-order valence-electron chi connectivity index (χ1n) is 19.3. The second kappa shape index (κ2) is 12.4. The number of rotatable bonds is 5. The van der Waals surface area contributed by atoms with Gasteiger partial charge in [-0.05, 0) is 78.4 Å². The van der Waals surface area contributed by atoms with Crippen molar-refractivity contribution in [3.63, 3.8) is 0 Å². The molecule has 0 bridgehead atoms. The van der Waals surface area contributed by atoms with Gasteiger partial charge >= 0.3 is 0 Å². The number of nitrogens with zero attached hydrogens (tertiary/aromatic N) is 4. The van der Waals surface area contributed by atoms with Crippen molar-refractivity contribution in [3.05, 3.63) is 205 Å². The lowest BCUT2D eigenvalue weighted by Crippen LogP contribution is -2.33. The van der Waals surface area contributed by atoms with Crippen molar-refractivity contribution in [1.29, 1.82) is 0 Å². The van der Waals surface area contributed by atoms with Crippen LogP contribution in [0.5, 0.6) is 0 Å². The molecule has 4 heterocycles. The van der Waals surface area contributed by atoms with Crippen LogP contribution in [-0.2, 0) is 0 Å². The van der Waals surface area contributed by atoms with Crippen molar-refractivity contribution in [2.24, 2.45) is 9.98 Å². The fourth-order valence-electron chi connectivity index (χ4n) is 8.76. The number of furan rings is 1. The summed E-state index contributed by atoms with van der Waals surface area (Å²) in [5, 5.41) is 10.5. The van der Waals surface area contributed by atoms with Gasteiger partial charge in [0.25, 0.3) is 0 Å². The topological polar surface area (TPSA) is 59.8 Å². The van der Waals surface area contributed by atoms with Crippen molar-refractivity contribution in [1.82, 2.24) is 14.5 Å². The summed E-state index contributed by atoms with van der Waals surface area (Å²) in [7, 11) is 0. The molecule has 0 saturated heterocycles. The Morgan fingerprint density at radius 1 is 0.456 bits per heavy atom. The van der Waals surface area contributed by atoms with Crippen molar-refractivity contribution in [2.45, 2.75) is 6.17 Å². The quantitative estimate of drug-likeness (QED) is 0.192. The zero-order valence-electron chi connectivity index (χ0n) is 30.7. The highest BCUT2D eigenvalue weighted by molar-refractivity contribution is 6.27. The normalized spacial score (nSPS) is 14.5. The minimum absolute atomic E-state index is 0.268. The van der Waals surface area contributed by atoms with Gasteiger partial charge in [-0.3, -0.25) is 0 Å². The van der Waals surface area contributed by atoms with Gasteiger partial charge in [-0.15, -0.1) is 0 Å². The Morgan fingerprint density at radius 3 is 1.91 bits per heavy atom. The third-order valence-corrected chi connectivity index (χ3v) is 11.4. The Balaban J connectivity index is 1.09. The highest BCUT2D eigenvalue weighted by Gasteiger charge is 2.24. The second-order valence-corrected chi connectivity index (χ2v) is 14.6. The van der Waals surface area contributed by atoms with Gasteiger partial charge in [0.15, 0.2) is 5.84 Å². The van der Waals surface area contributed by atoms with E-state index in [2.05, 4.69) is 160 Å². The predicted octanol–water partition coefficient (Wildman–Crippen LogP) is 12.3. The Kier molecular flexibility index (Phi) is 6.89. The molecule has 57 heavy (non-hydrogen) atoms. The minimum Gasteiger partial charge on any atom is -0.455 e. The number of para-hydroxylation sites is 3. The molecule has 0 aliphatic carbocycles. The van der Waals surface area contributed by atoms with Crippen molar-refractivity contribution >= 4 is 77.2 Å². The molecule has 0 saturated carbocycles. The third kappa shape index (κ3) is 4.90. The van der Waals surface area contributed by atoms with E-state index in [0.29, 0.717) is 5.84 Å². The molecule has 1 unspecified atom stereocenters. The molecule has 6 heteroatoms. The van der Waals surface area contributed by atoms with Gasteiger partial charge in [0.1, 0.15) is 23.2 Å². The zero-order valence-corrected chi connectivity index (χ0v) is 30.7. The molecule has 0 radical (unpaired) electrons. The standard InChI is InChI=1S/C51H33N5O/c1-4-14-32(15-5-1)49-52-50(33-16-6-2-7-17-33)54-51(53-49)34-24-26-36(27-25-34)56-43-29-28-39-38-21-11-13-23-46(38)57-48(39)47(43)41-30-40-37-20-10-12-22-42(37)55(44(40)31-45(41)56)35-18-8-3-9-19-35/h1-31,49H,(H,52,53,54).